The smallest absolute Gasteiger partial charge is 0.303 e. The summed E-state index contributed by atoms with van der Waals surface area (Å²) in [5.74, 6) is 0.591. The van der Waals surface area contributed by atoms with E-state index in [-0.39, 0.29) is 29.7 Å². The van der Waals surface area contributed by atoms with E-state index in [0.717, 1.165) is 36.3 Å². The zero-order valence-electron chi connectivity index (χ0n) is 23.7. The zero-order chi connectivity index (χ0) is 28.3. The first-order valence-electron chi connectivity index (χ1n) is 14.5. The van der Waals surface area contributed by atoms with E-state index in [9.17, 15) is 13.2 Å². The number of likely N-dealkylation sites (tertiary alicyclic amines) is 1. The molecule has 2 bridgehead atoms. The molecular weight excluding hydrogens is 524 g/mol. The molecule has 214 valence electrons. The molecule has 0 aromatic heterocycles. The third-order valence-electron chi connectivity index (χ3n) is 9.55. The van der Waals surface area contributed by atoms with Crippen molar-refractivity contribution in [1.82, 2.24) is 9.21 Å². The van der Waals surface area contributed by atoms with Gasteiger partial charge in [0, 0.05) is 32.1 Å². The van der Waals surface area contributed by atoms with E-state index < -0.39 is 27.1 Å². The van der Waals surface area contributed by atoms with Gasteiger partial charge in [-0.2, -0.15) is 4.31 Å². The van der Waals surface area contributed by atoms with Crippen LogP contribution in [0.4, 0.5) is 0 Å². The number of nitrogens with zero attached hydrogens (tertiary/aromatic N) is 2. The number of carbonyl (C=O) groups excluding carboxylic acids is 1. The van der Waals surface area contributed by atoms with Crippen LogP contribution in [0.5, 0.6) is 5.75 Å². The number of hydrogen-bond acceptors (Lipinski definition) is 6. The number of carbonyl (C=O) groups is 1. The first kappa shape index (κ1) is 27.5. The molecule has 7 nitrogen and oxygen atoms in total. The van der Waals surface area contributed by atoms with Crippen LogP contribution < -0.4 is 4.74 Å². The number of benzene rings is 2. The summed E-state index contributed by atoms with van der Waals surface area (Å²) >= 11 is 0. The Bertz CT molecular complexity index is 1410. The van der Waals surface area contributed by atoms with Crippen molar-refractivity contribution in [3.05, 3.63) is 77.9 Å². The predicted molar refractivity (Wildman–Crippen MR) is 155 cm³/mol. The molecule has 2 unspecified atom stereocenters. The summed E-state index contributed by atoms with van der Waals surface area (Å²) in [6.07, 6.45) is 4.09. The Morgan fingerprint density at radius 1 is 1.20 bits per heavy atom. The minimum Gasteiger partial charge on any atom is -0.487 e. The lowest BCUT2D eigenvalue weighted by molar-refractivity contribution is -0.220. The highest BCUT2D eigenvalue weighted by molar-refractivity contribution is 7.88. The van der Waals surface area contributed by atoms with Gasteiger partial charge in [-0.3, -0.25) is 9.69 Å². The van der Waals surface area contributed by atoms with E-state index >= 15 is 0 Å². The van der Waals surface area contributed by atoms with E-state index in [2.05, 4.69) is 31.4 Å². The molecule has 0 N–H and O–H groups in total. The number of piperidine rings is 1. The summed E-state index contributed by atoms with van der Waals surface area (Å²) in [6.45, 7) is 11.5. The largest absolute Gasteiger partial charge is 0.487 e. The van der Waals surface area contributed by atoms with Crippen molar-refractivity contribution in [2.45, 2.75) is 81.4 Å². The Morgan fingerprint density at radius 2 is 1.98 bits per heavy atom. The molecule has 8 heteroatoms. The lowest BCUT2D eigenvalue weighted by Gasteiger charge is -2.65. The van der Waals surface area contributed by atoms with Crippen molar-refractivity contribution in [2.24, 2.45) is 5.92 Å². The van der Waals surface area contributed by atoms with E-state index in [1.165, 1.54) is 12.5 Å². The maximum atomic E-state index is 14.2. The van der Waals surface area contributed by atoms with Gasteiger partial charge in [0.2, 0.25) is 10.0 Å². The van der Waals surface area contributed by atoms with Crippen LogP contribution >= 0.6 is 0 Å². The molecule has 4 aliphatic rings. The number of rotatable bonds is 9. The second kappa shape index (κ2) is 10.00. The molecule has 2 fully saturated rings. The normalized spacial score (nSPS) is 30.6. The van der Waals surface area contributed by atoms with Crippen LogP contribution in [0.25, 0.3) is 0 Å². The summed E-state index contributed by atoms with van der Waals surface area (Å²) in [5.41, 5.74) is 1.70. The zero-order valence-corrected chi connectivity index (χ0v) is 24.5. The van der Waals surface area contributed by atoms with Gasteiger partial charge in [-0.1, -0.05) is 62.4 Å². The van der Waals surface area contributed by atoms with E-state index in [0.29, 0.717) is 25.9 Å². The topological polar surface area (TPSA) is 76.2 Å². The van der Waals surface area contributed by atoms with Gasteiger partial charge in [0.25, 0.3) is 0 Å². The van der Waals surface area contributed by atoms with Crippen LogP contribution in [0, 0.1) is 5.92 Å². The number of ether oxygens (including phenoxy) is 2. The quantitative estimate of drug-likeness (QED) is 0.331. The molecular formula is C32H40N2O5S. The van der Waals surface area contributed by atoms with Crippen LogP contribution in [0.1, 0.15) is 56.7 Å². The highest BCUT2D eigenvalue weighted by Crippen LogP contribution is 2.66. The fourth-order valence-corrected chi connectivity index (χ4v) is 10.3. The molecule has 6 rings (SSSR count). The van der Waals surface area contributed by atoms with Crippen molar-refractivity contribution in [3.8, 4) is 5.75 Å². The van der Waals surface area contributed by atoms with E-state index in [1.54, 1.807) is 4.31 Å². The molecule has 1 saturated carbocycles. The maximum Gasteiger partial charge on any atom is 0.303 e. The average Bonchev–Trinajstić information content (AvgIpc) is 3.24. The molecule has 2 heterocycles. The second-order valence-corrected chi connectivity index (χ2v) is 14.3. The molecule has 2 aliphatic heterocycles. The van der Waals surface area contributed by atoms with Crippen molar-refractivity contribution in [3.63, 3.8) is 0 Å². The highest BCUT2D eigenvalue weighted by Gasteiger charge is 2.75. The standard InChI is InChI=1S/C32H40N2O5S/c1-5-17-33-18-16-31-29-25-12-9-13-27(29)38-30(31)26(14-15-32(31,28(33)19-25)39-23(4)35)34(20-22(2)3)40(36,37)21-24-10-7-6-8-11-24/h5-13,22,26,28,30H,1,14-21H2,2-4H3/t26?,28-,30?,31+,32-/m1/s1. The third kappa shape index (κ3) is 4.05. The Hall–Kier alpha value is -2.68. The van der Waals surface area contributed by atoms with Crippen LogP contribution in [-0.2, 0) is 37.1 Å². The summed E-state index contributed by atoms with van der Waals surface area (Å²) in [5, 5.41) is 0. The summed E-state index contributed by atoms with van der Waals surface area (Å²) in [4.78, 5) is 15.2. The first-order valence-corrected chi connectivity index (χ1v) is 16.1. The molecule has 2 aliphatic carbocycles. The lowest BCUT2D eigenvalue weighted by atomic mass is 9.48. The maximum absolute atomic E-state index is 14.2. The second-order valence-electron chi connectivity index (χ2n) is 12.3. The van der Waals surface area contributed by atoms with Crippen LogP contribution in [0.15, 0.2) is 61.2 Å². The van der Waals surface area contributed by atoms with E-state index in [4.69, 9.17) is 9.47 Å². The Balaban J connectivity index is 1.50. The van der Waals surface area contributed by atoms with Crippen LogP contribution in [-0.4, -0.2) is 67.0 Å². The third-order valence-corrected chi connectivity index (χ3v) is 11.4. The molecule has 2 aromatic rings. The van der Waals surface area contributed by atoms with Crippen LogP contribution in [0.3, 0.4) is 0 Å². The number of hydrogen-bond donors (Lipinski definition) is 0. The predicted octanol–water partition coefficient (Wildman–Crippen LogP) is 4.45. The van der Waals surface area contributed by atoms with Gasteiger partial charge in [0.05, 0.1) is 23.3 Å². The Labute approximate surface area is 238 Å². The van der Waals surface area contributed by atoms with Crippen LogP contribution in [0.2, 0.25) is 0 Å². The Morgan fingerprint density at radius 3 is 2.67 bits per heavy atom. The molecule has 2 aromatic carbocycles. The van der Waals surface area contributed by atoms with Crippen molar-refractivity contribution in [2.75, 3.05) is 19.6 Å². The average molecular weight is 565 g/mol. The SMILES string of the molecule is C=CCN1CC[C@]23c4c5cccc4OC2C(N(CC(C)C)S(=O)(=O)Cc2ccccc2)CC[C@@]3(OC(C)=O)[C@H]1C5. The molecule has 0 amide bonds. The first-order chi connectivity index (χ1) is 19.1. The molecule has 5 atom stereocenters. The monoisotopic (exact) mass is 564 g/mol. The van der Waals surface area contributed by atoms with Gasteiger partial charge in [-0.15, -0.1) is 6.58 Å². The Kier molecular flexibility index (Phi) is 6.87. The van der Waals surface area contributed by atoms with Gasteiger partial charge >= 0.3 is 5.97 Å². The molecule has 40 heavy (non-hydrogen) atoms. The molecule has 1 spiro atoms. The highest BCUT2D eigenvalue weighted by atomic mass is 32.2. The van der Waals surface area contributed by atoms with Gasteiger partial charge in [0.15, 0.2) is 0 Å². The summed E-state index contributed by atoms with van der Waals surface area (Å²) in [6, 6.07) is 15.2. The van der Waals surface area contributed by atoms with Crippen molar-refractivity contribution >= 4 is 16.0 Å². The fraction of sp³-hybridized carbons (Fsp3) is 0.531. The number of sulfonamides is 1. The fourth-order valence-electron chi connectivity index (χ4n) is 8.37. The molecule has 0 radical (unpaired) electrons. The minimum atomic E-state index is -3.68. The summed E-state index contributed by atoms with van der Waals surface area (Å²) < 4.78 is 43.5. The van der Waals surface area contributed by atoms with Gasteiger partial charge in [-0.25, -0.2) is 8.42 Å². The minimum absolute atomic E-state index is 0.0319. The van der Waals surface area contributed by atoms with Crippen molar-refractivity contribution < 1.29 is 22.7 Å². The van der Waals surface area contributed by atoms with Gasteiger partial charge in [0.1, 0.15) is 17.5 Å². The van der Waals surface area contributed by atoms with Gasteiger partial charge in [-0.05, 0) is 48.8 Å². The lowest BCUT2D eigenvalue weighted by Crippen LogP contribution is -2.79. The van der Waals surface area contributed by atoms with E-state index in [1.807, 2.05) is 48.5 Å². The van der Waals surface area contributed by atoms with Crippen molar-refractivity contribution in [1.29, 1.82) is 0 Å². The van der Waals surface area contributed by atoms with Gasteiger partial charge < -0.3 is 9.47 Å². The summed E-state index contributed by atoms with van der Waals surface area (Å²) in [7, 11) is -3.68. The molecule has 1 saturated heterocycles. The number of esters is 1.